The van der Waals surface area contributed by atoms with Gasteiger partial charge < -0.3 is 10.1 Å². The van der Waals surface area contributed by atoms with Crippen LogP contribution in [0.4, 0.5) is 4.79 Å². The summed E-state index contributed by atoms with van der Waals surface area (Å²) in [6.07, 6.45) is 3.74. The molecule has 4 nitrogen and oxygen atoms in total. The van der Waals surface area contributed by atoms with Gasteiger partial charge in [0.05, 0.1) is 5.02 Å². The number of aldehydes is 1. The number of alkyl carbamates (subject to hydrolysis) is 1. The normalized spacial score (nSPS) is 12.4. The summed E-state index contributed by atoms with van der Waals surface area (Å²) in [4.78, 5) is 23.3. The second kappa shape index (κ2) is 8.97. The fraction of sp³-hybridized carbons (Fsp3) is 0.120. The molecule has 0 unspecified atom stereocenters. The van der Waals surface area contributed by atoms with E-state index in [1.165, 1.54) is 22.3 Å². The van der Waals surface area contributed by atoms with Crippen LogP contribution in [0.3, 0.4) is 0 Å². The predicted molar refractivity (Wildman–Crippen MR) is 119 cm³/mol. The van der Waals surface area contributed by atoms with Crippen LogP contribution in [0.15, 0.2) is 72.8 Å². The molecule has 0 saturated carbocycles. The maximum atomic E-state index is 12.2. The first kappa shape index (κ1) is 19.9. The molecule has 1 aliphatic rings. The highest BCUT2D eigenvalue weighted by Crippen LogP contribution is 2.44. The molecule has 0 atom stereocenters. The number of amides is 1. The smallest absolute Gasteiger partial charge is 0.407 e. The van der Waals surface area contributed by atoms with Crippen molar-refractivity contribution in [2.24, 2.45) is 0 Å². The van der Waals surface area contributed by atoms with Crippen molar-refractivity contribution in [3.63, 3.8) is 0 Å². The van der Waals surface area contributed by atoms with Crippen LogP contribution in [0.25, 0.3) is 17.2 Å². The maximum absolute atomic E-state index is 12.2. The minimum absolute atomic E-state index is 0.0281. The van der Waals surface area contributed by atoms with Crippen LogP contribution in [0.5, 0.6) is 0 Å². The maximum Gasteiger partial charge on any atom is 0.407 e. The van der Waals surface area contributed by atoms with Gasteiger partial charge in [-0.1, -0.05) is 84.4 Å². The lowest BCUT2D eigenvalue weighted by molar-refractivity contribution is 0.112. The molecule has 1 N–H and O–H groups in total. The Bertz CT molecular complexity index is 1080. The molecule has 4 rings (SSSR count). The van der Waals surface area contributed by atoms with Gasteiger partial charge in [0.2, 0.25) is 0 Å². The van der Waals surface area contributed by atoms with E-state index >= 15 is 0 Å². The average molecular weight is 418 g/mol. The molecule has 3 aromatic carbocycles. The molecule has 0 saturated heterocycles. The number of carbonyl (C=O) groups is 2. The summed E-state index contributed by atoms with van der Waals surface area (Å²) >= 11 is 6.01. The van der Waals surface area contributed by atoms with Crippen LogP contribution in [-0.4, -0.2) is 25.5 Å². The lowest BCUT2D eigenvalue weighted by Crippen LogP contribution is -2.26. The molecule has 150 valence electrons. The van der Waals surface area contributed by atoms with Gasteiger partial charge in [-0.3, -0.25) is 4.79 Å². The zero-order chi connectivity index (χ0) is 20.9. The number of carbonyl (C=O) groups excluding carboxylic acids is 2. The van der Waals surface area contributed by atoms with E-state index in [4.69, 9.17) is 16.3 Å². The topological polar surface area (TPSA) is 55.4 Å². The van der Waals surface area contributed by atoms with Gasteiger partial charge >= 0.3 is 6.09 Å². The largest absolute Gasteiger partial charge is 0.449 e. The van der Waals surface area contributed by atoms with Gasteiger partial charge in [-0.15, -0.1) is 0 Å². The number of benzene rings is 3. The van der Waals surface area contributed by atoms with Crippen molar-refractivity contribution < 1.29 is 14.3 Å². The van der Waals surface area contributed by atoms with Gasteiger partial charge in [-0.25, -0.2) is 4.79 Å². The van der Waals surface area contributed by atoms with Crippen molar-refractivity contribution in [3.05, 3.63) is 100 Å². The number of nitrogens with one attached hydrogen (secondary N) is 1. The van der Waals surface area contributed by atoms with E-state index in [-0.39, 0.29) is 19.1 Å². The van der Waals surface area contributed by atoms with Crippen molar-refractivity contribution in [2.75, 3.05) is 13.2 Å². The molecule has 30 heavy (non-hydrogen) atoms. The highest BCUT2D eigenvalue weighted by atomic mass is 35.5. The van der Waals surface area contributed by atoms with Crippen molar-refractivity contribution in [1.29, 1.82) is 0 Å². The molecule has 0 bridgehead atoms. The lowest BCUT2D eigenvalue weighted by atomic mass is 9.98. The zero-order valence-corrected chi connectivity index (χ0v) is 16.9. The minimum atomic E-state index is -0.483. The SMILES string of the molecule is O=Cc1c(Cl)cccc1C=CCNC(=O)OCC1c2ccccc2-c2ccccc21. The lowest BCUT2D eigenvalue weighted by Gasteiger charge is -2.14. The van der Waals surface area contributed by atoms with Gasteiger partial charge in [0.25, 0.3) is 0 Å². The van der Waals surface area contributed by atoms with Crippen molar-refractivity contribution in [2.45, 2.75) is 5.92 Å². The number of rotatable bonds is 6. The summed E-state index contributed by atoms with van der Waals surface area (Å²) in [7, 11) is 0. The Balaban J connectivity index is 1.35. The molecule has 0 aromatic heterocycles. The molecule has 3 aromatic rings. The zero-order valence-electron chi connectivity index (χ0n) is 16.2. The van der Waals surface area contributed by atoms with Crippen LogP contribution < -0.4 is 5.32 Å². The van der Waals surface area contributed by atoms with E-state index in [1.54, 1.807) is 30.4 Å². The summed E-state index contributed by atoms with van der Waals surface area (Å²) < 4.78 is 5.49. The summed E-state index contributed by atoms with van der Waals surface area (Å²) in [6.45, 7) is 0.550. The Hall–Kier alpha value is -3.37. The Morgan fingerprint density at radius 2 is 1.63 bits per heavy atom. The molecule has 0 spiro atoms. The number of hydrogen-bond acceptors (Lipinski definition) is 3. The van der Waals surface area contributed by atoms with Gasteiger partial charge in [-0.05, 0) is 33.9 Å². The van der Waals surface area contributed by atoms with Crippen LogP contribution in [0, 0.1) is 0 Å². The first-order valence-corrected chi connectivity index (χ1v) is 10.1. The van der Waals surface area contributed by atoms with Crippen molar-refractivity contribution >= 4 is 30.1 Å². The predicted octanol–water partition coefficient (Wildman–Crippen LogP) is 5.70. The number of fused-ring (bicyclic) bond motifs is 3. The molecule has 1 aliphatic carbocycles. The van der Waals surface area contributed by atoms with E-state index in [0.717, 1.165) is 6.29 Å². The van der Waals surface area contributed by atoms with Crippen molar-refractivity contribution in [1.82, 2.24) is 5.32 Å². The molecule has 1 amide bonds. The molecule has 0 aliphatic heterocycles. The van der Waals surface area contributed by atoms with E-state index in [0.29, 0.717) is 16.1 Å². The van der Waals surface area contributed by atoms with Crippen LogP contribution >= 0.6 is 11.6 Å². The second-order valence-electron chi connectivity index (χ2n) is 6.97. The Labute approximate surface area is 180 Å². The number of hydrogen-bond donors (Lipinski definition) is 1. The second-order valence-corrected chi connectivity index (χ2v) is 7.38. The summed E-state index contributed by atoms with van der Waals surface area (Å²) in [5.41, 5.74) is 5.86. The Morgan fingerprint density at radius 1 is 0.967 bits per heavy atom. The molecular formula is C25H20ClNO3. The van der Waals surface area contributed by atoms with Gasteiger partial charge in [0.1, 0.15) is 6.61 Å². The van der Waals surface area contributed by atoms with Gasteiger partial charge in [0.15, 0.2) is 6.29 Å². The third-order valence-electron chi connectivity index (χ3n) is 5.21. The Morgan fingerprint density at radius 3 is 2.30 bits per heavy atom. The summed E-state index contributed by atoms with van der Waals surface area (Å²) in [5, 5.41) is 3.11. The molecule has 0 fully saturated rings. The molecule has 5 heteroatoms. The summed E-state index contributed by atoms with van der Waals surface area (Å²) in [5.74, 6) is 0.0281. The first-order chi connectivity index (χ1) is 14.7. The highest BCUT2D eigenvalue weighted by molar-refractivity contribution is 6.33. The van der Waals surface area contributed by atoms with Crippen molar-refractivity contribution in [3.8, 4) is 11.1 Å². The fourth-order valence-electron chi connectivity index (χ4n) is 3.80. The van der Waals surface area contributed by atoms with Crippen LogP contribution in [-0.2, 0) is 4.74 Å². The first-order valence-electron chi connectivity index (χ1n) is 9.68. The standard InChI is InChI=1S/C25H20ClNO3/c26-24-13-5-7-17(22(24)15-28)8-6-14-27-25(29)30-16-23-20-11-3-1-9-18(20)19-10-2-4-12-21(19)23/h1-13,15,23H,14,16H2,(H,27,29). The molecule has 0 heterocycles. The third kappa shape index (κ3) is 4.00. The number of ether oxygens (including phenoxy) is 1. The van der Waals surface area contributed by atoms with E-state index in [2.05, 4.69) is 29.6 Å². The average Bonchev–Trinajstić information content (AvgIpc) is 3.09. The highest BCUT2D eigenvalue weighted by Gasteiger charge is 2.28. The quantitative estimate of drug-likeness (QED) is 0.523. The van der Waals surface area contributed by atoms with Crippen LogP contribution in [0.1, 0.15) is 33.0 Å². The van der Waals surface area contributed by atoms with E-state index in [9.17, 15) is 9.59 Å². The van der Waals surface area contributed by atoms with Gasteiger partial charge in [-0.2, -0.15) is 0 Å². The molecule has 0 radical (unpaired) electrons. The summed E-state index contributed by atoms with van der Waals surface area (Å²) in [6, 6.07) is 21.6. The third-order valence-corrected chi connectivity index (χ3v) is 5.54. The monoisotopic (exact) mass is 417 g/mol. The van der Waals surface area contributed by atoms with E-state index in [1.807, 2.05) is 24.3 Å². The van der Waals surface area contributed by atoms with Gasteiger partial charge in [0, 0.05) is 18.0 Å². The van der Waals surface area contributed by atoms with E-state index < -0.39 is 6.09 Å². The van der Waals surface area contributed by atoms with Crippen LogP contribution in [0.2, 0.25) is 5.02 Å². The minimum Gasteiger partial charge on any atom is -0.449 e. The number of halogens is 1. The Kier molecular flexibility index (Phi) is 5.96. The molecular weight excluding hydrogens is 398 g/mol. The fourth-order valence-corrected chi connectivity index (χ4v) is 4.03.